The molecule has 0 radical (unpaired) electrons. The Hall–Kier alpha value is -3.24. The van der Waals surface area contributed by atoms with Gasteiger partial charge in [0, 0.05) is 22.9 Å². The molecule has 4 aromatic rings. The highest BCUT2D eigenvalue weighted by Crippen LogP contribution is 2.32. The number of para-hydroxylation sites is 1. The molecule has 174 valence electrons. The first-order chi connectivity index (χ1) is 16.4. The summed E-state index contributed by atoms with van der Waals surface area (Å²) < 4.78 is 27.6. The van der Waals surface area contributed by atoms with E-state index < -0.39 is 5.76 Å². The SMILES string of the molecule is Cc1ccc(-n2c(SCC(=O)Nc3ccccc3SC(F)F)nnc2-c2ccncc2)cc1C. The molecule has 0 bridgehead atoms. The topological polar surface area (TPSA) is 72.7 Å². The van der Waals surface area contributed by atoms with Crippen LogP contribution >= 0.6 is 23.5 Å². The normalized spacial score (nSPS) is 11.1. The third kappa shape index (κ3) is 5.63. The number of carbonyl (C=O) groups is 1. The molecule has 2 heterocycles. The maximum atomic E-state index is 12.8. The van der Waals surface area contributed by atoms with E-state index in [1.54, 1.807) is 36.7 Å². The van der Waals surface area contributed by atoms with Gasteiger partial charge in [0.25, 0.3) is 5.76 Å². The van der Waals surface area contributed by atoms with Crippen LogP contribution in [0.25, 0.3) is 17.1 Å². The molecule has 0 atom stereocenters. The third-order valence-corrected chi connectivity index (χ3v) is 6.75. The van der Waals surface area contributed by atoms with E-state index in [4.69, 9.17) is 0 Å². The van der Waals surface area contributed by atoms with Crippen molar-refractivity contribution in [3.8, 4) is 17.1 Å². The van der Waals surface area contributed by atoms with Crippen LogP contribution in [0.5, 0.6) is 0 Å². The van der Waals surface area contributed by atoms with Crippen molar-refractivity contribution < 1.29 is 13.6 Å². The van der Waals surface area contributed by atoms with Crippen molar-refractivity contribution in [2.75, 3.05) is 11.1 Å². The lowest BCUT2D eigenvalue weighted by Crippen LogP contribution is -2.15. The molecule has 10 heteroatoms. The predicted molar refractivity (Wildman–Crippen MR) is 132 cm³/mol. The van der Waals surface area contributed by atoms with Crippen LogP contribution in [0.1, 0.15) is 11.1 Å². The van der Waals surface area contributed by atoms with Crippen LogP contribution in [0.3, 0.4) is 0 Å². The van der Waals surface area contributed by atoms with Crippen LogP contribution in [0.2, 0.25) is 0 Å². The molecule has 0 fully saturated rings. The average Bonchev–Trinajstić information content (AvgIpc) is 3.25. The van der Waals surface area contributed by atoms with Crippen LogP contribution < -0.4 is 5.32 Å². The number of alkyl halides is 2. The van der Waals surface area contributed by atoms with Gasteiger partial charge in [-0.05, 0) is 61.4 Å². The summed E-state index contributed by atoms with van der Waals surface area (Å²) >= 11 is 1.62. The Kier molecular flexibility index (Phi) is 7.59. The van der Waals surface area contributed by atoms with Crippen molar-refractivity contribution in [3.05, 3.63) is 78.1 Å². The molecule has 0 aliphatic rings. The number of aromatic nitrogens is 4. The summed E-state index contributed by atoms with van der Waals surface area (Å²) in [5.41, 5.74) is 4.35. The standard InChI is InChI=1S/C24H21F2N5OS2/c1-15-7-8-18(13-16(15)2)31-22(17-9-11-27-12-10-17)29-30-24(31)33-14-21(32)28-19-5-3-4-6-20(19)34-23(25)26/h3-13,23H,14H2,1-2H3,(H,28,32). The van der Waals surface area contributed by atoms with Crippen molar-refractivity contribution in [3.63, 3.8) is 0 Å². The molecule has 6 nitrogen and oxygen atoms in total. The van der Waals surface area contributed by atoms with Crippen LogP contribution in [-0.4, -0.2) is 37.2 Å². The zero-order valence-corrected chi connectivity index (χ0v) is 20.0. The zero-order valence-electron chi connectivity index (χ0n) is 18.4. The molecule has 2 aromatic carbocycles. The zero-order chi connectivity index (χ0) is 24.1. The van der Waals surface area contributed by atoms with Gasteiger partial charge in [-0.15, -0.1) is 10.2 Å². The first-order valence-electron chi connectivity index (χ1n) is 10.3. The van der Waals surface area contributed by atoms with Gasteiger partial charge in [0.1, 0.15) is 0 Å². The summed E-state index contributed by atoms with van der Waals surface area (Å²) in [4.78, 5) is 17.0. The fourth-order valence-electron chi connectivity index (χ4n) is 3.23. The lowest BCUT2D eigenvalue weighted by Gasteiger charge is -2.13. The number of aryl methyl sites for hydroxylation is 2. The molecular weight excluding hydrogens is 476 g/mol. The Morgan fingerprint density at radius 3 is 2.53 bits per heavy atom. The molecular formula is C24H21F2N5OS2. The number of anilines is 1. The first-order valence-corrected chi connectivity index (χ1v) is 12.2. The van der Waals surface area contributed by atoms with E-state index in [9.17, 15) is 13.6 Å². The summed E-state index contributed by atoms with van der Waals surface area (Å²) in [7, 11) is 0. The van der Waals surface area contributed by atoms with Crippen molar-refractivity contribution >= 4 is 35.1 Å². The Labute approximate surface area is 204 Å². The van der Waals surface area contributed by atoms with Crippen LogP contribution in [0.4, 0.5) is 14.5 Å². The molecule has 4 rings (SSSR count). The van der Waals surface area contributed by atoms with Crippen LogP contribution in [0, 0.1) is 13.8 Å². The summed E-state index contributed by atoms with van der Waals surface area (Å²) in [6, 6.07) is 16.3. The molecule has 0 spiro atoms. The highest BCUT2D eigenvalue weighted by atomic mass is 32.2. The first kappa shape index (κ1) is 23.9. The maximum absolute atomic E-state index is 12.8. The van der Waals surface area contributed by atoms with Gasteiger partial charge in [-0.2, -0.15) is 8.78 Å². The van der Waals surface area contributed by atoms with E-state index in [-0.39, 0.29) is 11.7 Å². The average molecular weight is 498 g/mol. The second-order valence-electron chi connectivity index (χ2n) is 7.36. The van der Waals surface area contributed by atoms with Crippen molar-refractivity contribution in [2.45, 2.75) is 29.7 Å². The Bertz CT molecular complexity index is 1300. The minimum absolute atomic E-state index is 0.0347. The number of rotatable bonds is 8. The van der Waals surface area contributed by atoms with Gasteiger partial charge >= 0.3 is 0 Å². The minimum Gasteiger partial charge on any atom is -0.324 e. The van der Waals surface area contributed by atoms with E-state index in [0.717, 1.165) is 22.4 Å². The van der Waals surface area contributed by atoms with E-state index >= 15 is 0 Å². The number of hydrogen-bond acceptors (Lipinski definition) is 6. The van der Waals surface area contributed by atoms with Crippen molar-refractivity contribution in [2.24, 2.45) is 0 Å². The largest absolute Gasteiger partial charge is 0.324 e. The van der Waals surface area contributed by atoms with E-state index in [2.05, 4.69) is 20.5 Å². The smallest absolute Gasteiger partial charge is 0.288 e. The number of benzene rings is 2. The monoisotopic (exact) mass is 497 g/mol. The summed E-state index contributed by atoms with van der Waals surface area (Å²) in [6.45, 7) is 4.07. The lowest BCUT2D eigenvalue weighted by atomic mass is 10.1. The van der Waals surface area contributed by atoms with E-state index in [0.29, 0.717) is 33.3 Å². The van der Waals surface area contributed by atoms with E-state index in [1.165, 1.54) is 11.8 Å². The molecule has 0 saturated heterocycles. The number of nitrogens with zero attached hydrogens (tertiary/aromatic N) is 4. The maximum Gasteiger partial charge on any atom is 0.288 e. The summed E-state index contributed by atoms with van der Waals surface area (Å²) in [6.07, 6.45) is 3.37. The van der Waals surface area contributed by atoms with E-state index in [1.807, 2.05) is 48.7 Å². The van der Waals surface area contributed by atoms with Crippen molar-refractivity contribution in [1.29, 1.82) is 0 Å². The second kappa shape index (κ2) is 10.8. The highest BCUT2D eigenvalue weighted by molar-refractivity contribution is 8.00. The molecule has 0 saturated carbocycles. The Morgan fingerprint density at radius 1 is 1.03 bits per heavy atom. The molecule has 1 amide bonds. The molecule has 34 heavy (non-hydrogen) atoms. The van der Waals surface area contributed by atoms with Crippen molar-refractivity contribution in [1.82, 2.24) is 19.7 Å². The van der Waals surface area contributed by atoms with Gasteiger partial charge in [0.15, 0.2) is 11.0 Å². The Balaban J connectivity index is 1.58. The second-order valence-corrected chi connectivity index (χ2v) is 9.33. The quantitative estimate of drug-likeness (QED) is 0.302. The number of halogens is 2. The molecule has 2 aromatic heterocycles. The molecule has 0 aliphatic heterocycles. The number of nitrogens with one attached hydrogen (secondary N) is 1. The van der Waals surface area contributed by atoms with Gasteiger partial charge in [0.05, 0.1) is 17.1 Å². The summed E-state index contributed by atoms with van der Waals surface area (Å²) in [5.74, 6) is -2.23. The number of hydrogen-bond donors (Lipinski definition) is 1. The van der Waals surface area contributed by atoms with Gasteiger partial charge in [-0.3, -0.25) is 14.3 Å². The molecule has 0 aliphatic carbocycles. The number of amides is 1. The van der Waals surface area contributed by atoms with Crippen LogP contribution in [-0.2, 0) is 4.79 Å². The minimum atomic E-state index is -2.57. The fraction of sp³-hybridized carbons (Fsp3) is 0.167. The van der Waals surface area contributed by atoms with Gasteiger partial charge in [-0.1, -0.05) is 41.7 Å². The molecule has 0 unspecified atom stereocenters. The fourth-order valence-corrected chi connectivity index (χ4v) is 4.58. The van der Waals surface area contributed by atoms with Crippen LogP contribution in [0.15, 0.2) is 77.0 Å². The number of thioether (sulfide) groups is 2. The predicted octanol–water partition coefficient (Wildman–Crippen LogP) is 5.99. The Morgan fingerprint density at radius 2 is 1.79 bits per heavy atom. The lowest BCUT2D eigenvalue weighted by molar-refractivity contribution is -0.113. The highest BCUT2D eigenvalue weighted by Gasteiger charge is 2.18. The van der Waals surface area contributed by atoms with Gasteiger partial charge in [-0.25, -0.2) is 0 Å². The van der Waals surface area contributed by atoms with Gasteiger partial charge in [0.2, 0.25) is 5.91 Å². The third-order valence-electron chi connectivity index (χ3n) is 5.03. The number of carbonyl (C=O) groups excluding carboxylic acids is 1. The summed E-state index contributed by atoms with van der Waals surface area (Å²) in [5, 5.41) is 12.0. The number of pyridine rings is 1. The molecule has 1 N–H and O–H groups in total. The van der Waals surface area contributed by atoms with Gasteiger partial charge < -0.3 is 5.32 Å².